The average Bonchev–Trinajstić information content (AvgIpc) is 2.82. The highest BCUT2D eigenvalue weighted by Gasteiger charge is 2.31. The third-order valence-electron chi connectivity index (χ3n) is 5.22. The molecule has 2 aromatic heterocycles. The van der Waals surface area contributed by atoms with E-state index in [0.29, 0.717) is 11.1 Å². The fourth-order valence-electron chi connectivity index (χ4n) is 3.66. The molecule has 3 N–H and O–H groups in total. The van der Waals surface area contributed by atoms with Gasteiger partial charge in [0.25, 0.3) is 0 Å². The quantitative estimate of drug-likeness (QED) is 0.321. The van der Waals surface area contributed by atoms with Gasteiger partial charge in [-0.15, -0.1) is 0 Å². The fourth-order valence-corrected chi connectivity index (χ4v) is 3.66. The molecule has 1 atom stereocenters. The second kappa shape index (κ2) is 8.43. The standard InChI is InChI=1S/C24H19NO7/c1-31-18(27)10-15(14-8-5-9-25-12-14)19-21(28)23(30)22(29)20-16(26)11-17(32-24(19)20)13-6-3-2-4-7-13/h2-9,11-12,15,28-30H,10H2,1H3. The number of fused-ring (bicyclic) bond motifs is 1. The summed E-state index contributed by atoms with van der Waals surface area (Å²) in [7, 11) is 1.22. The molecule has 0 fully saturated rings. The average molecular weight is 433 g/mol. The summed E-state index contributed by atoms with van der Waals surface area (Å²) in [6.45, 7) is 0. The molecule has 2 aromatic carbocycles. The van der Waals surface area contributed by atoms with Crippen molar-refractivity contribution in [3.8, 4) is 28.6 Å². The van der Waals surface area contributed by atoms with Crippen molar-refractivity contribution in [2.45, 2.75) is 12.3 Å². The summed E-state index contributed by atoms with van der Waals surface area (Å²) in [4.78, 5) is 29.2. The minimum Gasteiger partial charge on any atom is -0.504 e. The molecule has 8 nitrogen and oxygen atoms in total. The number of pyridine rings is 1. The normalized spacial score (nSPS) is 11.9. The molecule has 1 unspecified atom stereocenters. The number of nitrogens with zero attached hydrogens (tertiary/aromatic N) is 1. The number of carbonyl (C=O) groups is 1. The van der Waals surface area contributed by atoms with E-state index in [9.17, 15) is 24.9 Å². The molecule has 0 aliphatic heterocycles. The highest BCUT2D eigenvalue weighted by atomic mass is 16.5. The Labute approximate surface area is 182 Å². The van der Waals surface area contributed by atoms with Crippen LogP contribution in [0.4, 0.5) is 0 Å². The third kappa shape index (κ3) is 3.62. The van der Waals surface area contributed by atoms with Crippen LogP contribution in [0, 0.1) is 0 Å². The largest absolute Gasteiger partial charge is 0.504 e. The lowest BCUT2D eigenvalue weighted by Crippen LogP contribution is -2.12. The first-order chi connectivity index (χ1) is 15.4. The van der Waals surface area contributed by atoms with E-state index in [1.807, 2.05) is 0 Å². The Morgan fingerprint density at radius 2 is 1.81 bits per heavy atom. The number of ether oxygens (including phenoxy) is 1. The van der Waals surface area contributed by atoms with Gasteiger partial charge in [0, 0.05) is 35.5 Å². The fraction of sp³-hybridized carbons (Fsp3) is 0.125. The summed E-state index contributed by atoms with van der Waals surface area (Å²) < 4.78 is 10.8. The number of carbonyl (C=O) groups excluding carboxylic acids is 1. The molecule has 32 heavy (non-hydrogen) atoms. The summed E-state index contributed by atoms with van der Waals surface area (Å²) in [6, 6.07) is 13.3. The summed E-state index contributed by atoms with van der Waals surface area (Å²) in [6.07, 6.45) is 2.79. The Kier molecular flexibility index (Phi) is 5.51. The van der Waals surface area contributed by atoms with Crippen LogP contribution in [0.5, 0.6) is 17.2 Å². The second-order valence-corrected chi connectivity index (χ2v) is 7.12. The minimum absolute atomic E-state index is 0.0384. The number of phenolic OH excluding ortho intramolecular Hbond substituents is 3. The molecule has 162 valence electrons. The number of benzene rings is 2. The summed E-state index contributed by atoms with van der Waals surface area (Å²) in [5.74, 6) is -3.69. The van der Waals surface area contributed by atoms with Crippen LogP contribution in [0.2, 0.25) is 0 Å². The molecule has 2 heterocycles. The molecule has 0 aliphatic carbocycles. The molecule has 0 saturated heterocycles. The predicted molar refractivity (Wildman–Crippen MR) is 116 cm³/mol. The maximum absolute atomic E-state index is 12.9. The van der Waals surface area contributed by atoms with Crippen molar-refractivity contribution in [2.75, 3.05) is 7.11 Å². The van der Waals surface area contributed by atoms with E-state index in [0.717, 1.165) is 0 Å². The van der Waals surface area contributed by atoms with Crippen LogP contribution < -0.4 is 5.43 Å². The number of aromatic hydroxyl groups is 3. The molecule has 0 spiro atoms. The number of esters is 1. The summed E-state index contributed by atoms with van der Waals surface area (Å²) >= 11 is 0. The molecule has 0 aliphatic rings. The number of methoxy groups -OCH3 is 1. The van der Waals surface area contributed by atoms with Gasteiger partial charge in [-0.05, 0) is 11.6 Å². The van der Waals surface area contributed by atoms with E-state index < -0.39 is 34.6 Å². The molecule has 4 rings (SSSR count). The first-order valence-corrected chi connectivity index (χ1v) is 9.69. The topological polar surface area (TPSA) is 130 Å². The van der Waals surface area contributed by atoms with Gasteiger partial charge in [0.1, 0.15) is 16.7 Å². The lowest BCUT2D eigenvalue weighted by Gasteiger charge is -2.20. The van der Waals surface area contributed by atoms with Gasteiger partial charge >= 0.3 is 5.97 Å². The van der Waals surface area contributed by atoms with E-state index in [1.54, 1.807) is 48.7 Å². The van der Waals surface area contributed by atoms with Crippen LogP contribution in [-0.2, 0) is 9.53 Å². The predicted octanol–water partition coefficient (Wildman–Crippen LogP) is 3.67. The Balaban J connectivity index is 2.09. The Bertz CT molecular complexity index is 1350. The first-order valence-electron chi connectivity index (χ1n) is 9.69. The van der Waals surface area contributed by atoms with Crippen molar-refractivity contribution in [3.63, 3.8) is 0 Å². The molecule has 0 bridgehead atoms. The van der Waals surface area contributed by atoms with E-state index in [2.05, 4.69) is 4.98 Å². The number of aromatic nitrogens is 1. The van der Waals surface area contributed by atoms with E-state index in [1.165, 1.54) is 19.4 Å². The zero-order valence-electron chi connectivity index (χ0n) is 17.0. The number of hydrogen-bond acceptors (Lipinski definition) is 8. The van der Waals surface area contributed by atoms with Crippen LogP contribution in [0.1, 0.15) is 23.5 Å². The zero-order chi connectivity index (χ0) is 22.8. The SMILES string of the molecule is COC(=O)CC(c1cccnc1)c1c(O)c(O)c(O)c2c(=O)cc(-c3ccccc3)oc12. The molecule has 0 saturated carbocycles. The van der Waals surface area contributed by atoms with E-state index >= 15 is 0 Å². The van der Waals surface area contributed by atoms with Crippen molar-refractivity contribution in [2.24, 2.45) is 0 Å². The molecular formula is C24H19NO7. The third-order valence-corrected chi connectivity index (χ3v) is 5.22. The van der Waals surface area contributed by atoms with Crippen LogP contribution in [0.3, 0.4) is 0 Å². The lowest BCUT2D eigenvalue weighted by molar-refractivity contribution is -0.140. The van der Waals surface area contributed by atoms with Crippen molar-refractivity contribution in [1.82, 2.24) is 4.98 Å². The monoisotopic (exact) mass is 433 g/mol. The lowest BCUT2D eigenvalue weighted by atomic mass is 9.87. The number of hydrogen-bond donors (Lipinski definition) is 3. The van der Waals surface area contributed by atoms with Crippen molar-refractivity contribution in [3.05, 3.63) is 82.3 Å². The van der Waals surface area contributed by atoms with Gasteiger partial charge in [-0.3, -0.25) is 14.6 Å². The Morgan fingerprint density at radius 1 is 1.06 bits per heavy atom. The van der Waals surface area contributed by atoms with Gasteiger partial charge < -0.3 is 24.5 Å². The zero-order valence-corrected chi connectivity index (χ0v) is 17.0. The van der Waals surface area contributed by atoms with Gasteiger partial charge in [0.15, 0.2) is 16.9 Å². The molecule has 8 heteroatoms. The van der Waals surface area contributed by atoms with Crippen LogP contribution in [0.15, 0.2) is 70.1 Å². The summed E-state index contributed by atoms with van der Waals surface area (Å²) in [5, 5.41) is 31.3. The molecule has 0 amide bonds. The van der Waals surface area contributed by atoms with E-state index in [-0.39, 0.29) is 28.7 Å². The van der Waals surface area contributed by atoms with Gasteiger partial charge in [-0.25, -0.2) is 0 Å². The van der Waals surface area contributed by atoms with Crippen LogP contribution >= 0.6 is 0 Å². The highest BCUT2D eigenvalue weighted by molar-refractivity contribution is 5.93. The number of phenols is 3. The van der Waals surface area contributed by atoms with Crippen LogP contribution in [-0.4, -0.2) is 33.4 Å². The minimum atomic E-state index is -0.890. The van der Waals surface area contributed by atoms with Crippen LogP contribution in [0.25, 0.3) is 22.3 Å². The van der Waals surface area contributed by atoms with Gasteiger partial charge in [0.05, 0.1) is 13.5 Å². The highest BCUT2D eigenvalue weighted by Crippen LogP contribution is 2.49. The van der Waals surface area contributed by atoms with Crippen molar-refractivity contribution >= 4 is 16.9 Å². The van der Waals surface area contributed by atoms with Gasteiger partial charge in [0.2, 0.25) is 5.75 Å². The van der Waals surface area contributed by atoms with Gasteiger partial charge in [-0.2, -0.15) is 0 Å². The molecule has 0 radical (unpaired) electrons. The summed E-state index contributed by atoms with van der Waals surface area (Å²) in [5.41, 5.74) is 0.287. The van der Waals surface area contributed by atoms with Crippen molar-refractivity contribution < 1.29 is 29.3 Å². The Hall–Kier alpha value is -4.33. The second-order valence-electron chi connectivity index (χ2n) is 7.12. The molecule has 4 aromatic rings. The first kappa shape index (κ1) is 20.9. The molecular weight excluding hydrogens is 414 g/mol. The number of rotatable bonds is 5. The van der Waals surface area contributed by atoms with E-state index in [4.69, 9.17) is 9.15 Å². The Morgan fingerprint density at radius 3 is 2.47 bits per heavy atom. The maximum atomic E-state index is 12.9. The smallest absolute Gasteiger partial charge is 0.306 e. The maximum Gasteiger partial charge on any atom is 0.306 e. The van der Waals surface area contributed by atoms with Crippen molar-refractivity contribution in [1.29, 1.82) is 0 Å². The van der Waals surface area contributed by atoms with Gasteiger partial charge in [-0.1, -0.05) is 36.4 Å².